The van der Waals surface area contributed by atoms with E-state index in [-0.39, 0.29) is 11.4 Å². The Morgan fingerprint density at radius 3 is 2.61 bits per heavy atom. The first-order valence-electron chi connectivity index (χ1n) is 8.38. The first-order valence-corrected chi connectivity index (χ1v) is 9.86. The summed E-state index contributed by atoms with van der Waals surface area (Å²) < 4.78 is 45.2. The number of hydrogen-bond acceptors (Lipinski definition) is 8. The third-order valence-electron chi connectivity index (χ3n) is 4.10. The summed E-state index contributed by atoms with van der Waals surface area (Å²) in [7, 11) is -2.22. The molecule has 0 spiro atoms. The van der Waals surface area contributed by atoms with Gasteiger partial charge >= 0.3 is 0 Å². The highest BCUT2D eigenvalue weighted by Crippen LogP contribution is 2.32. The third-order valence-corrected chi connectivity index (χ3v) is 5.49. The van der Waals surface area contributed by atoms with Crippen molar-refractivity contribution < 1.29 is 22.6 Å². The highest BCUT2D eigenvalue weighted by atomic mass is 32.2. The van der Waals surface area contributed by atoms with Gasteiger partial charge in [-0.05, 0) is 46.8 Å². The summed E-state index contributed by atoms with van der Waals surface area (Å²) in [5.41, 5.74) is 0.680. The standard InChI is InChI=1S/C17H17N5O5S/c1-25-13-4-2-12(3-5-13)22-17(19-20-21-22)11-18-28(23,24)14-6-7-15-16(10-14)27-9-8-26-15/h2-7,10,18H,8-9,11H2,1H3. The average molecular weight is 403 g/mol. The molecule has 28 heavy (non-hydrogen) atoms. The van der Waals surface area contributed by atoms with E-state index >= 15 is 0 Å². The summed E-state index contributed by atoms with van der Waals surface area (Å²) in [6.07, 6.45) is 0. The molecule has 0 aliphatic carbocycles. The van der Waals surface area contributed by atoms with Crippen LogP contribution in [-0.2, 0) is 16.6 Å². The molecule has 2 aromatic carbocycles. The van der Waals surface area contributed by atoms with E-state index in [1.54, 1.807) is 37.4 Å². The summed E-state index contributed by atoms with van der Waals surface area (Å²) >= 11 is 0. The Balaban J connectivity index is 1.52. The van der Waals surface area contributed by atoms with Crippen molar-refractivity contribution in [1.82, 2.24) is 24.9 Å². The Hall–Kier alpha value is -3.18. The van der Waals surface area contributed by atoms with Crippen LogP contribution in [0.15, 0.2) is 47.4 Å². The maximum absolute atomic E-state index is 12.6. The van der Waals surface area contributed by atoms with Crippen molar-refractivity contribution in [2.45, 2.75) is 11.4 Å². The molecule has 146 valence electrons. The van der Waals surface area contributed by atoms with Crippen LogP contribution in [0.1, 0.15) is 5.82 Å². The van der Waals surface area contributed by atoms with Crippen LogP contribution < -0.4 is 18.9 Å². The van der Waals surface area contributed by atoms with Crippen LogP contribution in [0.25, 0.3) is 5.69 Å². The monoisotopic (exact) mass is 403 g/mol. The van der Waals surface area contributed by atoms with Gasteiger partial charge in [-0.3, -0.25) is 0 Å². The molecule has 0 radical (unpaired) electrons. The number of aromatic nitrogens is 4. The van der Waals surface area contributed by atoms with E-state index in [0.717, 1.165) is 0 Å². The summed E-state index contributed by atoms with van der Waals surface area (Å²) in [5.74, 6) is 1.95. The van der Waals surface area contributed by atoms with Gasteiger partial charge in [0.05, 0.1) is 24.2 Å². The Morgan fingerprint density at radius 2 is 1.86 bits per heavy atom. The molecule has 11 heteroatoms. The molecule has 1 aliphatic heterocycles. The predicted molar refractivity (Wildman–Crippen MR) is 97.2 cm³/mol. The van der Waals surface area contributed by atoms with E-state index in [0.29, 0.717) is 42.0 Å². The van der Waals surface area contributed by atoms with E-state index < -0.39 is 10.0 Å². The number of nitrogens with one attached hydrogen (secondary N) is 1. The minimum atomic E-state index is -3.79. The number of hydrogen-bond donors (Lipinski definition) is 1. The van der Waals surface area contributed by atoms with Gasteiger partial charge in [-0.25, -0.2) is 13.1 Å². The van der Waals surface area contributed by atoms with Gasteiger partial charge in [0.25, 0.3) is 0 Å². The van der Waals surface area contributed by atoms with Crippen molar-refractivity contribution in [3.63, 3.8) is 0 Å². The van der Waals surface area contributed by atoms with Crippen LogP contribution in [0, 0.1) is 0 Å². The van der Waals surface area contributed by atoms with Gasteiger partial charge < -0.3 is 14.2 Å². The molecule has 4 rings (SSSR count). The zero-order chi connectivity index (χ0) is 19.6. The lowest BCUT2D eigenvalue weighted by atomic mass is 10.3. The molecular formula is C17H17N5O5S. The first kappa shape index (κ1) is 18.2. The van der Waals surface area contributed by atoms with Gasteiger partial charge in [0.1, 0.15) is 19.0 Å². The molecule has 0 unspecified atom stereocenters. The lowest BCUT2D eigenvalue weighted by Crippen LogP contribution is -2.25. The molecule has 1 aliphatic rings. The first-order chi connectivity index (χ1) is 13.6. The number of nitrogens with zero attached hydrogens (tertiary/aromatic N) is 4. The van der Waals surface area contributed by atoms with E-state index in [1.807, 2.05) is 0 Å². The minimum absolute atomic E-state index is 0.0696. The molecular weight excluding hydrogens is 386 g/mol. The normalized spacial score (nSPS) is 13.3. The van der Waals surface area contributed by atoms with Crippen molar-refractivity contribution in [2.75, 3.05) is 20.3 Å². The van der Waals surface area contributed by atoms with Gasteiger partial charge in [0, 0.05) is 6.07 Å². The Bertz CT molecular complexity index is 1080. The summed E-state index contributed by atoms with van der Waals surface area (Å²) in [6.45, 7) is 0.724. The number of sulfonamides is 1. The second kappa shape index (κ2) is 7.44. The zero-order valence-corrected chi connectivity index (χ0v) is 15.7. The van der Waals surface area contributed by atoms with E-state index in [9.17, 15) is 8.42 Å². The smallest absolute Gasteiger partial charge is 0.241 e. The largest absolute Gasteiger partial charge is 0.497 e. The van der Waals surface area contributed by atoms with Gasteiger partial charge in [-0.15, -0.1) is 5.10 Å². The second-order valence-corrected chi connectivity index (χ2v) is 7.60. The third kappa shape index (κ3) is 3.62. The topological polar surface area (TPSA) is 117 Å². The summed E-state index contributed by atoms with van der Waals surface area (Å²) in [4.78, 5) is 0.0696. The molecule has 10 nitrogen and oxygen atoms in total. The quantitative estimate of drug-likeness (QED) is 0.646. The number of rotatable bonds is 6. The molecule has 0 amide bonds. The lowest BCUT2D eigenvalue weighted by Gasteiger charge is -2.18. The maximum Gasteiger partial charge on any atom is 0.241 e. The average Bonchev–Trinajstić information content (AvgIpc) is 3.21. The van der Waals surface area contributed by atoms with Crippen LogP contribution >= 0.6 is 0 Å². The van der Waals surface area contributed by atoms with Crippen molar-refractivity contribution in [1.29, 1.82) is 0 Å². The summed E-state index contributed by atoms with van der Waals surface area (Å²) in [5, 5.41) is 11.5. The van der Waals surface area contributed by atoms with E-state index in [2.05, 4.69) is 20.2 Å². The minimum Gasteiger partial charge on any atom is -0.497 e. The second-order valence-electron chi connectivity index (χ2n) is 5.83. The maximum atomic E-state index is 12.6. The fourth-order valence-corrected chi connectivity index (χ4v) is 3.67. The van der Waals surface area contributed by atoms with Crippen molar-refractivity contribution in [3.8, 4) is 22.9 Å². The predicted octanol–water partition coefficient (Wildman–Crippen LogP) is 0.921. The molecule has 2 heterocycles. The molecule has 0 bridgehead atoms. The van der Waals surface area contributed by atoms with Crippen LogP contribution in [0.3, 0.4) is 0 Å². The van der Waals surface area contributed by atoms with Gasteiger partial charge in [-0.1, -0.05) is 0 Å². The fourth-order valence-electron chi connectivity index (χ4n) is 2.67. The fraction of sp³-hybridized carbons (Fsp3) is 0.235. The SMILES string of the molecule is COc1ccc(-n2nnnc2CNS(=O)(=O)c2ccc3c(c2)OCCO3)cc1. The van der Waals surface area contributed by atoms with Crippen molar-refractivity contribution >= 4 is 10.0 Å². The van der Waals surface area contributed by atoms with Gasteiger partial charge in [0.15, 0.2) is 17.3 Å². The van der Waals surface area contributed by atoms with Crippen LogP contribution in [0.5, 0.6) is 17.2 Å². The Kier molecular flexibility index (Phi) is 4.84. The van der Waals surface area contributed by atoms with E-state index in [1.165, 1.54) is 16.8 Å². The molecule has 0 saturated carbocycles. The molecule has 1 N–H and O–H groups in total. The molecule has 0 atom stereocenters. The zero-order valence-electron chi connectivity index (χ0n) is 14.9. The number of fused-ring (bicyclic) bond motifs is 1. The number of benzene rings is 2. The lowest BCUT2D eigenvalue weighted by molar-refractivity contribution is 0.171. The molecule has 0 saturated heterocycles. The highest BCUT2D eigenvalue weighted by Gasteiger charge is 2.20. The van der Waals surface area contributed by atoms with Crippen molar-refractivity contribution in [2.24, 2.45) is 0 Å². The van der Waals surface area contributed by atoms with Gasteiger partial charge in [-0.2, -0.15) is 4.68 Å². The molecule has 1 aromatic heterocycles. The highest BCUT2D eigenvalue weighted by molar-refractivity contribution is 7.89. The number of methoxy groups -OCH3 is 1. The Labute approximate surface area is 161 Å². The molecule has 0 fully saturated rings. The molecule has 3 aromatic rings. The summed E-state index contributed by atoms with van der Waals surface area (Å²) in [6, 6.07) is 11.5. The number of ether oxygens (including phenoxy) is 3. The van der Waals surface area contributed by atoms with E-state index in [4.69, 9.17) is 14.2 Å². The Morgan fingerprint density at radius 1 is 1.11 bits per heavy atom. The van der Waals surface area contributed by atoms with Crippen LogP contribution in [0.2, 0.25) is 0 Å². The van der Waals surface area contributed by atoms with Crippen LogP contribution in [0.4, 0.5) is 0 Å². The van der Waals surface area contributed by atoms with Crippen LogP contribution in [-0.4, -0.2) is 48.9 Å². The van der Waals surface area contributed by atoms with Crippen molar-refractivity contribution in [3.05, 3.63) is 48.3 Å². The van der Waals surface area contributed by atoms with Gasteiger partial charge in [0.2, 0.25) is 10.0 Å². The number of tetrazole rings is 1.